The molecule has 0 aromatic carbocycles. The van der Waals surface area contributed by atoms with Crippen molar-refractivity contribution in [2.75, 3.05) is 0 Å². The Morgan fingerprint density at radius 1 is 1.75 bits per heavy atom. The minimum atomic E-state index is -0.394. The third kappa shape index (κ3) is 2.36. The van der Waals surface area contributed by atoms with Gasteiger partial charge in [0.1, 0.15) is 5.76 Å². The fraction of sp³-hybridized carbons (Fsp3) is 0.222. The van der Waals surface area contributed by atoms with Gasteiger partial charge in [0, 0.05) is 12.4 Å². The summed E-state index contributed by atoms with van der Waals surface area (Å²) in [6.45, 7) is 3.36. The first kappa shape index (κ1) is 8.74. The Kier molecular flexibility index (Phi) is 2.82. The maximum absolute atomic E-state index is 8.94. The summed E-state index contributed by atoms with van der Waals surface area (Å²) in [5.41, 5.74) is 6.57. The maximum atomic E-state index is 8.94. The molecule has 0 fully saturated rings. The van der Waals surface area contributed by atoms with Crippen LogP contribution >= 0.6 is 0 Å². The first-order valence-electron chi connectivity index (χ1n) is 3.72. The quantitative estimate of drug-likeness (QED) is 0.656. The van der Waals surface area contributed by atoms with E-state index >= 15 is 0 Å². The van der Waals surface area contributed by atoms with E-state index in [1.165, 1.54) is 0 Å². The molecule has 0 spiro atoms. The molecular formula is C9H12N2O. The summed E-state index contributed by atoms with van der Waals surface area (Å²) in [5, 5.41) is 8.94. The standard InChI is InChI=1S/C9H12N2O/c1-7(12)9(10)5-8-3-2-4-11-6-8/h2-4,6,9,12H,1,5,10H2/t9-/m0/s1. The fourth-order valence-electron chi connectivity index (χ4n) is 0.891. The number of pyridine rings is 1. The van der Waals surface area contributed by atoms with Gasteiger partial charge in [-0.2, -0.15) is 0 Å². The Bertz CT molecular complexity index is 258. The molecular weight excluding hydrogens is 152 g/mol. The fourth-order valence-corrected chi connectivity index (χ4v) is 0.891. The first-order valence-corrected chi connectivity index (χ1v) is 3.72. The lowest BCUT2D eigenvalue weighted by atomic mass is 10.1. The predicted octanol–water partition coefficient (Wildman–Crippen LogP) is 1.02. The van der Waals surface area contributed by atoms with Crippen LogP contribution in [0.25, 0.3) is 0 Å². The zero-order valence-electron chi connectivity index (χ0n) is 6.77. The number of nitrogens with two attached hydrogens (primary N) is 1. The minimum Gasteiger partial charge on any atom is -0.511 e. The molecule has 0 unspecified atom stereocenters. The molecule has 1 aromatic heterocycles. The number of hydrogen-bond acceptors (Lipinski definition) is 3. The predicted molar refractivity (Wildman–Crippen MR) is 47.7 cm³/mol. The number of aliphatic hydroxyl groups excluding tert-OH is 1. The Morgan fingerprint density at radius 3 is 3.00 bits per heavy atom. The van der Waals surface area contributed by atoms with Crippen LogP contribution in [0.15, 0.2) is 36.9 Å². The summed E-state index contributed by atoms with van der Waals surface area (Å²) < 4.78 is 0. The summed E-state index contributed by atoms with van der Waals surface area (Å²) >= 11 is 0. The number of aliphatic hydroxyl groups is 1. The zero-order valence-corrected chi connectivity index (χ0v) is 6.77. The van der Waals surface area contributed by atoms with Gasteiger partial charge in [0.25, 0.3) is 0 Å². The van der Waals surface area contributed by atoms with Crippen LogP contribution in [-0.4, -0.2) is 16.1 Å². The van der Waals surface area contributed by atoms with E-state index in [1.807, 2.05) is 12.1 Å². The summed E-state index contributed by atoms with van der Waals surface area (Å²) in [7, 11) is 0. The van der Waals surface area contributed by atoms with Crippen molar-refractivity contribution in [3.63, 3.8) is 0 Å². The van der Waals surface area contributed by atoms with Crippen LogP contribution in [0, 0.1) is 0 Å². The van der Waals surface area contributed by atoms with E-state index in [2.05, 4.69) is 11.6 Å². The van der Waals surface area contributed by atoms with Gasteiger partial charge >= 0.3 is 0 Å². The molecule has 3 nitrogen and oxygen atoms in total. The first-order chi connectivity index (χ1) is 5.70. The largest absolute Gasteiger partial charge is 0.511 e. The van der Waals surface area contributed by atoms with E-state index in [1.54, 1.807) is 12.4 Å². The summed E-state index contributed by atoms with van der Waals surface area (Å²) in [6.07, 6.45) is 3.99. The molecule has 1 rings (SSSR count). The van der Waals surface area contributed by atoms with Crippen molar-refractivity contribution in [3.8, 4) is 0 Å². The van der Waals surface area contributed by atoms with Gasteiger partial charge < -0.3 is 10.8 Å². The molecule has 12 heavy (non-hydrogen) atoms. The Balaban J connectivity index is 2.58. The van der Waals surface area contributed by atoms with Crippen molar-refractivity contribution in [1.82, 2.24) is 4.98 Å². The average Bonchev–Trinajstić information content (AvgIpc) is 2.06. The smallest absolute Gasteiger partial charge is 0.102 e. The highest BCUT2D eigenvalue weighted by atomic mass is 16.3. The van der Waals surface area contributed by atoms with Crippen molar-refractivity contribution in [3.05, 3.63) is 42.4 Å². The average molecular weight is 164 g/mol. The Hall–Kier alpha value is -1.35. The number of aromatic nitrogens is 1. The van der Waals surface area contributed by atoms with E-state index in [0.29, 0.717) is 6.42 Å². The van der Waals surface area contributed by atoms with Gasteiger partial charge in [-0.15, -0.1) is 0 Å². The van der Waals surface area contributed by atoms with Gasteiger partial charge in [-0.1, -0.05) is 12.6 Å². The van der Waals surface area contributed by atoms with E-state index in [4.69, 9.17) is 10.8 Å². The van der Waals surface area contributed by atoms with Gasteiger partial charge in [0.2, 0.25) is 0 Å². The van der Waals surface area contributed by atoms with E-state index in [9.17, 15) is 0 Å². The molecule has 0 aliphatic carbocycles. The zero-order chi connectivity index (χ0) is 8.97. The van der Waals surface area contributed by atoms with Crippen LogP contribution in [0.4, 0.5) is 0 Å². The summed E-state index contributed by atoms with van der Waals surface area (Å²) in [6, 6.07) is 3.35. The molecule has 3 N–H and O–H groups in total. The Labute approximate surface area is 71.6 Å². The van der Waals surface area contributed by atoms with Gasteiger partial charge in [-0.05, 0) is 18.1 Å². The van der Waals surface area contributed by atoms with Gasteiger partial charge in [0.15, 0.2) is 0 Å². The second-order valence-electron chi connectivity index (χ2n) is 2.66. The number of hydrogen-bond donors (Lipinski definition) is 2. The van der Waals surface area contributed by atoms with Crippen LogP contribution in [-0.2, 0) is 6.42 Å². The molecule has 3 heteroatoms. The molecule has 0 amide bonds. The topological polar surface area (TPSA) is 59.1 Å². The summed E-state index contributed by atoms with van der Waals surface area (Å²) in [5.74, 6) is 0.0128. The van der Waals surface area contributed by atoms with E-state index < -0.39 is 6.04 Å². The molecule has 64 valence electrons. The monoisotopic (exact) mass is 164 g/mol. The van der Waals surface area contributed by atoms with E-state index in [0.717, 1.165) is 5.56 Å². The molecule has 1 aromatic rings. The molecule has 0 radical (unpaired) electrons. The van der Waals surface area contributed by atoms with Crippen molar-refractivity contribution < 1.29 is 5.11 Å². The van der Waals surface area contributed by atoms with Crippen LogP contribution in [0.2, 0.25) is 0 Å². The van der Waals surface area contributed by atoms with Crippen LogP contribution in [0.3, 0.4) is 0 Å². The highest BCUT2D eigenvalue weighted by Gasteiger charge is 2.05. The SMILES string of the molecule is C=C(O)[C@@H](N)Cc1cccnc1. The third-order valence-corrected chi connectivity index (χ3v) is 1.61. The lowest BCUT2D eigenvalue weighted by Gasteiger charge is -2.08. The van der Waals surface area contributed by atoms with Crippen molar-refractivity contribution in [1.29, 1.82) is 0 Å². The van der Waals surface area contributed by atoms with Gasteiger partial charge in [-0.25, -0.2) is 0 Å². The molecule has 0 aliphatic rings. The third-order valence-electron chi connectivity index (χ3n) is 1.61. The van der Waals surface area contributed by atoms with E-state index in [-0.39, 0.29) is 5.76 Å². The van der Waals surface area contributed by atoms with Crippen molar-refractivity contribution in [2.24, 2.45) is 5.73 Å². The highest BCUT2D eigenvalue weighted by Crippen LogP contribution is 2.03. The molecule has 0 saturated carbocycles. The summed E-state index contributed by atoms with van der Waals surface area (Å²) in [4.78, 5) is 3.93. The van der Waals surface area contributed by atoms with Gasteiger partial charge in [-0.3, -0.25) is 4.98 Å². The molecule has 1 atom stereocenters. The maximum Gasteiger partial charge on any atom is 0.102 e. The second kappa shape index (κ2) is 3.88. The number of nitrogens with zero attached hydrogens (tertiary/aromatic N) is 1. The Morgan fingerprint density at radius 2 is 2.50 bits per heavy atom. The second-order valence-corrected chi connectivity index (χ2v) is 2.66. The molecule has 0 saturated heterocycles. The van der Waals surface area contributed by atoms with Gasteiger partial charge in [0.05, 0.1) is 6.04 Å². The molecule has 0 bridgehead atoms. The highest BCUT2D eigenvalue weighted by molar-refractivity contribution is 5.12. The number of rotatable bonds is 3. The van der Waals surface area contributed by atoms with Crippen LogP contribution in [0.5, 0.6) is 0 Å². The molecule has 0 aliphatic heterocycles. The molecule has 1 heterocycles. The van der Waals surface area contributed by atoms with Crippen molar-refractivity contribution >= 4 is 0 Å². The van der Waals surface area contributed by atoms with Crippen LogP contribution < -0.4 is 5.73 Å². The lowest BCUT2D eigenvalue weighted by molar-refractivity contribution is 0.368. The minimum absolute atomic E-state index is 0.0128. The van der Waals surface area contributed by atoms with Crippen LogP contribution in [0.1, 0.15) is 5.56 Å². The normalized spacial score (nSPS) is 12.4. The van der Waals surface area contributed by atoms with Crippen molar-refractivity contribution in [2.45, 2.75) is 12.5 Å². The lowest BCUT2D eigenvalue weighted by Crippen LogP contribution is -2.24.